The summed E-state index contributed by atoms with van der Waals surface area (Å²) in [6.45, 7) is 6.27. The molecule has 1 atom stereocenters. The van der Waals surface area contributed by atoms with Crippen molar-refractivity contribution in [3.8, 4) is 0 Å². The smallest absolute Gasteiger partial charge is 0.306 e. The van der Waals surface area contributed by atoms with Crippen molar-refractivity contribution in [3.63, 3.8) is 0 Å². The van der Waals surface area contributed by atoms with Crippen LogP contribution in [0.4, 0.5) is 0 Å². The quantitative estimate of drug-likeness (QED) is 0.0261. The molecule has 0 spiro atoms. The standard InChI is InChI=1S/C76H120O6/c1-4-7-10-13-16-19-22-24-26-28-30-31-32-33-34-35-36-37-38-39-40-41-42-43-44-45-47-48-50-52-54-57-60-63-66-69-75(78)81-72-73(71-80-74(77)68-65-62-59-56-21-18-15-12-9-6-3)82-76(79)70-67-64-61-58-55-53-51-49-46-29-27-25-23-20-17-14-11-8-5-2/h7-8,10-12,15-17,19-20,24-27,30-31,33-34,36-37,39-40,46,49,53,55,61,64,73H,4-6,9,13-14,18,21-23,28-29,32,35,38,41-45,47-48,50-52,54,56-60,62-63,65-72H2,1-3H3/b10-7-,11-8-,15-12-,19-16-,20-17-,26-24-,27-25-,31-30-,34-33-,37-36-,40-39-,49-46-,55-53-,64-61-. The largest absolute Gasteiger partial charge is 0.462 e. The highest BCUT2D eigenvalue weighted by Crippen LogP contribution is 2.15. The molecule has 0 aromatic rings. The molecule has 6 heteroatoms. The van der Waals surface area contributed by atoms with Crippen LogP contribution >= 0.6 is 0 Å². The molecule has 0 bridgehead atoms. The third kappa shape index (κ3) is 65.6. The van der Waals surface area contributed by atoms with Crippen molar-refractivity contribution in [2.24, 2.45) is 0 Å². The van der Waals surface area contributed by atoms with Crippen LogP contribution in [0.2, 0.25) is 0 Å². The summed E-state index contributed by atoms with van der Waals surface area (Å²) in [6, 6.07) is 0. The number of carbonyl (C=O) groups excluding carboxylic acids is 3. The lowest BCUT2D eigenvalue weighted by molar-refractivity contribution is -0.166. The molecule has 0 aliphatic heterocycles. The number of allylic oxidation sites excluding steroid dienone is 28. The molecule has 0 N–H and O–H groups in total. The van der Waals surface area contributed by atoms with Crippen LogP contribution < -0.4 is 0 Å². The van der Waals surface area contributed by atoms with Crippen molar-refractivity contribution in [2.75, 3.05) is 13.2 Å². The van der Waals surface area contributed by atoms with Crippen molar-refractivity contribution in [1.82, 2.24) is 0 Å². The highest BCUT2D eigenvalue weighted by Gasteiger charge is 2.19. The van der Waals surface area contributed by atoms with Gasteiger partial charge in [0.25, 0.3) is 0 Å². The summed E-state index contributed by atoms with van der Waals surface area (Å²) in [7, 11) is 0. The number of rotatable bonds is 58. The van der Waals surface area contributed by atoms with Gasteiger partial charge in [-0.2, -0.15) is 0 Å². The molecular formula is C76H120O6. The first-order valence-electron chi connectivity index (χ1n) is 33.1. The fourth-order valence-corrected chi connectivity index (χ4v) is 8.57. The van der Waals surface area contributed by atoms with E-state index >= 15 is 0 Å². The van der Waals surface area contributed by atoms with Gasteiger partial charge in [0, 0.05) is 19.3 Å². The molecule has 0 aliphatic carbocycles. The van der Waals surface area contributed by atoms with E-state index in [1.807, 2.05) is 12.2 Å². The van der Waals surface area contributed by atoms with Crippen molar-refractivity contribution in [1.29, 1.82) is 0 Å². The second-order valence-electron chi connectivity index (χ2n) is 21.3. The van der Waals surface area contributed by atoms with Crippen LogP contribution in [0, 0.1) is 0 Å². The second-order valence-corrected chi connectivity index (χ2v) is 21.3. The average Bonchev–Trinajstić information content (AvgIpc) is 3.48. The van der Waals surface area contributed by atoms with Gasteiger partial charge >= 0.3 is 17.9 Å². The molecular weight excluding hydrogens is 1010 g/mol. The Balaban J connectivity index is 4.25. The molecule has 0 saturated carbocycles. The normalized spacial score (nSPS) is 13.3. The van der Waals surface area contributed by atoms with E-state index in [4.69, 9.17) is 14.2 Å². The third-order valence-corrected chi connectivity index (χ3v) is 13.4. The monoisotopic (exact) mass is 1130 g/mol. The summed E-state index contributed by atoms with van der Waals surface area (Å²) in [4.78, 5) is 38.2. The number of ether oxygens (including phenoxy) is 3. The average molecular weight is 1130 g/mol. The topological polar surface area (TPSA) is 78.9 Å². The van der Waals surface area contributed by atoms with Crippen LogP contribution in [0.5, 0.6) is 0 Å². The minimum Gasteiger partial charge on any atom is -0.462 e. The van der Waals surface area contributed by atoms with Gasteiger partial charge in [0.05, 0.1) is 0 Å². The highest BCUT2D eigenvalue weighted by atomic mass is 16.6. The molecule has 0 amide bonds. The third-order valence-electron chi connectivity index (χ3n) is 13.4. The number of unbranched alkanes of at least 4 members (excludes halogenated alkanes) is 19. The van der Waals surface area contributed by atoms with Gasteiger partial charge in [0.15, 0.2) is 6.10 Å². The van der Waals surface area contributed by atoms with Crippen molar-refractivity contribution < 1.29 is 28.6 Å². The van der Waals surface area contributed by atoms with Gasteiger partial charge in [-0.1, -0.05) is 287 Å². The van der Waals surface area contributed by atoms with Crippen molar-refractivity contribution in [2.45, 2.75) is 277 Å². The Bertz CT molecular complexity index is 1870. The predicted molar refractivity (Wildman–Crippen MR) is 357 cm³/mol. The van der Waals surface area contributed by atoms with E-state index in [1.165, 1.54) is 83.5 Å². The molecule has 0 aromatic carbocycles. The van der Waals surface area contributed by atoms with Gasteiger partial charge in [-0.25, -0.2) is 0 Å². The first kappa shape index (κ1) is 76.8. The van der Waals surface area contributed by atoms with Crippen molar-refractivity contribution >= 4 is 17.9 Å². The number of esters is 3. The van der Waals surface area contributed by atoms with Gasteiger partial charge in [-0.15, -0.1) is 0 Å². The Morgan fingerprint density at radius 1 is 0.256 bits per heavy atom. The van der Waals surface area contributed by atoms with E-state index < -0.39 is 12.1 Å². The van der Waals surface area contributed by atoms with Crippen LogP contribution in [0.25, 0.3) is 0 Å². The summed E-state index contributed by atoms with van der Waals surface area (Å²) in [5.41, 5.74) is 0. The first-order valence-corrected chi connectivity index (χ1v) is 33.1. The lowest BCUT2D eigenvalue weighted by Gasteiger charge is -2.18. The van der Waals surface area contributed by atoms with Gasteiger partial charge in [-0.05, 0) is 135 Å². The van der Waals surface area contributed by atoms with Crippen LogP contribution in [-0.4, -0.2) is 37.2 Å². The summed E-state index contributed by atoms with van der Waals surface area (Å²) >= 11 is 0. The summed E-state index contributed by atoms with van der Waals surface area (Å²) < 4.78 is 16.8. The second kappa shape index (κ2) is 68.3. The summed E-state index contributed by atoms with van der Waals surface area (Å²) in [5, 5.41) is 0. The van der Waals surface area contributed by atoms with Gasteiger partial charge in [0.2, 0.25) is 0 Å². The van der Waals surface area contributed by atoms with Gasteiger partial charge in [0.1, 0.15) is 13.2 Å². The molecule has 0 fully saturated rings. The Morgan fingerprint density at radius 2 is 0.500 bits per heavy atom. The van der Waals surface area contributed by atoms with E-state index in [0.29, 0.717) is 19.3 Å². The molecule has 82 heavy (non-hydrogen) atoms. The predicted octanol–water partition coefficient (Wildman–Crippen LogP) is 23.0. The number of hydrogen-bond acceptors (Lipinski definition) is 6. The van der Waals surface area contributed by atoms with E-state index in [1.54, 1.807) is 0 Å². The maximum Gasteiger partial charge on any atom is 0.306 e. The van der Waals surface area contributed by atoms with Gasteiger partial charge < -0.3 is 14.2 Å². The Kier molecular flexibility index (Phi) is 63.9. The van der Waals surface area contributed by atoms with E-state index in [0.717, 1.165) is 141 Å². The fourth-order valence-electron chi connectivity index (χ4n) is 8.57. The molecule has 0 saturated heterocycles. The number of carbonyl (C=O) groups is 3. The van der Waals surface area contributed by atoms with E-state index in [9.17, 15) is 14.4 Å². The molecule has 460 valence electrons. The zero-order chi connectivity index (χ0) is 59.2. The van der Waals surface area contributed by atoms with Crippen LogP contribution in [0.15, 0.2) is 170 Å². The van der Waals surface area contributed by atoms with Crippen LogP contribution in [0.3, 0.4) is 0 Å². The van der Waals surface area contributed by atoms with Crippen LogP contribution in [0.1, 0.15) is 271 Å². The molecule has 0 heterocycles. The van der Waals surface area contributed by atoms with Crippen LogP contribution in [-0.2, 0) is 28.6 Å². The lowest BCUT2D eigenvalue weighted by atomic mass is 10.0. The lowest BCUT2D eigenvalue weighted by Crippen LogP contribution is -2.30. The Morgan fingerprint density at radius 3 is 0.805 bits per heavy atom. The van der Waals surface area contributed by atoms with Crippen molar-refractivity contribution in [3.05, 3.63) is 170 Å². The summed E-state index contributed by atoms with van der Waals surface area (Å²) in [6.07, 6.45) is 101. The van der Waals surface area contributed by atoms with E-state index in [2.05, 4.69) is 179 Å². The molecule has 1 unspecified atom stereocenters. The zero-order valence-electron chi connectivity index (χ0n) is 52.7. The fraction of sp³-hybridized carbons (Fsp3) is 0.592. The maximum atomic E-state index is 12.8. The van der Waals surface area contributed by atoms with Gasteiger partial charge in [-0.3, -0.25) is 14.4 Å². The molecule has 0 aromatic heterocycles. The van der Waals surface area contributed by atoms with E-state index in [-0.39, 0.29) is 31.6 Å². The molecule has 6 nitrogen and oxygen atoms in total. The molecule has 0 aliphatic rings. The molecule has 0 radical (unpaired) electrons. The zero-order valence-corrected chi connectivity index (χ0v) is 52.7. The minimum atomic E-state index is -0.829. The maximum absolute atomic E-state index is 12.8. The SMILES string of the molecule is CC/C=C\C/C=C\C/C=C\C/C=C\C/C=C\C/C=C\C/C=C\CCCCCCCCCCCCCCCC(=O)OCC(COC(=O)CCCCCCC/C=C\CCC)OC(=O)CC/C=C\C/C=C\C/C=C\C/C=C\C/C=C\C/C=C\CC. The highest BCUT2D eigenvalue weighted by molar-refractivity contribution is 5.71. The Labute approximate surface area is 504 Å². The minimum absolute atomic E-state index is 0.117. The number of hydrogen-bond donors (Lipinski definition) is 0. The molecule has 0 rings (SSSR count). The first-order chi connectivity index (χ1) is 40.5. The Hall–Kier alpha value is -5.23. The summed E-state index contributed by atoms with van der Waals surface area (Å²) in [5.74, 6) is -1.02.